The highest BCUT2D eigenvalue weighted by atomic mass is 16.3. The maximum Gasteiger partial charge on any atom is 0.223 e. The maximum absolute atomic E-state index is 9.50. The molecule has 0 radical (unpaired) electrons. The van der Waals surface area contributed by atoms with Crippen LogP contribution in [0, 0.1) is 12.8 Å². The molecule has 2 unspecified atom stereocenters. The Morgan fingerprint density at radius 2 is 2.17 bits per heavy atom. The zero-order chi connectivity index (χ0) is 13.1. The van der Waals surface area contributed by atoms with Gasteiger partial charge in [-0.3, -0.25) is 0 Å². The van der Waals surface area contributed by atoms with Gasteiger partial charge in [0.25, 0.3) is 0 Å². The summed E-state index contributed by atoms with van der Waals surface area (Å²) in [6.07, 6.45) is 2.81. The molecule has 18 heavy (non-hydrogen) atoms. The van der Waals surface area contributed by atoms with Crippen molar-refractivity contribution in [3.8, 4) is 0 Å². The molecule has 100 valence electrons. The molecule has 2 N–H and O–H groups in total. The van der Waals surface area contributed by atoms with Crippen LogP contribution < -0.4 is 5.32 Å². The van der Waals surface area contributed by atoms with Gasteiger partial charge >= 0.3 is 0 Å². The third kappa shape index (κ3) is 3.42. The third-order valence-corrected chi connectivity index (χ3v) is 3.53. The maximum atomic E-state index is 9.50. The molecule has 1 aliphatic rings. The van der Waals surface area contributed by atoms with Crippen molar-refractivity contribution in [2.45, 2.75) is 52.1 Å². The first kappa shape index (κ1) is 13.3. The highest BCUT2D eigenvalue weighted by Gasteiger charge is 2.22. The Bertz CT molecular complexity index is 406. The van der Waals surface area contributed by atoms with E-state index in [1.807, 2.05) is 13.0 Å². The standard InChI is InChI=1S/C14H23N3O/c1-9(2)13-6-10(3)16-14(17-13)15-8-11-4-5-12(18)7-11/h6,9,11-12,18H,4-5,7-8H2,1-3H3,(H,15,16,17). The molecule has 0 saturated heterocycles. The second kappa shape index (κ2) is 5.65. The number of hydrogen-bond donors (Lipinski definition) is 2. The van der Waals surface area contributed by atoms with E-state index in [-0.39, 0.29) is 6.10 Å². The lowest BCUT2D eigenvalue weighted by molar-refractivity contribution is 0.178. The summed E-state index contributed by atoms with van der Waals surface area (Å²) in [4.78, 5) is 8.94. The van der Waals surface area contributed by atoms with Crippen molar-refractivity contribution in [3.63, 3.8) is 0 Å². The summed E-state index contributed by atoms with van der Waals surface area (Å²) in [6.45, 7) is 7.13. The summed E-state index contributed by atoms with van der Waals surface area (Å²) in [5, 5.41) is 12.8. The molecule has 1 saturated carbocycles. The quantitative estimate of drug-likeness (QED) is 0.860. The van der Waals surface area contributed by atoms with Crippen LogP contribution in [0.25, 0.3) is 0 Å². The van der Waals surface area contributed by atoms with Crippen LogP contribution in [0.2, 0.25) is 0 Å². The van der Waals surface area contributed by atoms with Crippen LogP contribution in [0.5, 0.6) is 0 Å². The Kier molecular flexibility index (Phi) is 4.17. The summed E-state index contributed by atoms with van der Waals surface area (Å²) in [5.41, 5.74) is 2.08. The van der Waals surface area contributed by atoms with Crippen LogP contribution in [0.1, 0.15) is 50.4 Å². The zero-order valence-electron chi connectivity index (χ0n) is 11.5. The zero-order valence-corrected chi connectivity index (χ0v) is 11.5. The van der Waals surface area contributed by atoms with Crippen LogP contribution in [0.15, 0.2) is 6.07 Å². The van der Waals surface area contributed by atoms with E-state index in [1.165, 1.54) is 0 Å². The highest BCUT2D eigenvalue weighted by molar-refractivity contribution is 5.29. The van der Waals surface area contributed by atoms with Gasteiger partial charge in [-0.1, -0.05) is 13.8 Å². The average molecular weight is 249 g/mol. The number of aliphatic hydroxyl groups is 1. The number of nitrogens with one attached hydrogen (secondary N) is 1. The minimum absolute atomic E-state index is 0.110. The first-order chi connectivity index (χ1) is 8.54. The molecule has 4 heteroatoms. The number of aliphatic hydroxyl groups excluding tert-OH is 1. The molecule has 1 aromatic rings. The van der Waals surface area contributed by atoms with Gasteiger partial charge in [0.2, 0.25) is 5.95 Å². The monoisotopic (exact) mass is 249 g/mol. The molecule has 1 aliphatic carbocycles. The first-order valence-corrected chi connectivity index (χ1v) is 6.82. The van der Waals surface area contributed by atoms with Gasteiger partial charge in [0, 0.05) is 17.9 Å². The van der Waals surface area contributed by atoms with Gasteiger partial charge < -0.3 is 10.4 Å². The van der Waals surface area contributed by atoms with E-state index in [0.717, 1.165) is 43.1 Å². The molecule has 2 atom stereocenters. The summed E-state index contributed by atoms with van der Waals surface area (Å²) >= 11 is 0. The fourth-order valence-corrected chi connectivity index (χ4v) is 2.44. The Labute approximate surface area is 109 Å². The number of hydrogen-bond acceptors (Lipinski definition) is 4. The molecular weight excluding hydrogens is 226 g/mol. The summed E-state index contributed by atoms with van der Waals surface area (Å²) in [7, 11) is 0. The normalized spacial score (nSPS) is 23.6. The van der Waals surface area contributed by atoms with Crippen LogP contribution in [-0.4, -0.2) is 27.7 Å². The lowest BCUT2D eigenvalue weighted by Crippen LogP contribution is -2.15. The Balaban J connectivity index is 1.96. The summed E-state index contributed by atoms with van der Waals surface area (Å²) in [5.74, 6) is 1.69. The predicted molar refractivity (Wildman–Crippen MR) is 72.7 cm³/mol. The van der Waals surface area contributed by atoms with E-state index in [0.29, 0.717) is 11.8 Å². The fraction of sp³-hybridized carbons (Fsp3) is 0.714. The van der Waals surface area contributed by atoms with Crippen molar-refractivity contribution in [2.75, 3.05) is 11.9 Å². The molecule has 1 fully saturated rings. The van der Waals surface area contributed by atoms with Gasteiger partial charge in [-0.05, 0) is 44.1 Å². The molecule has 2 rings (SSSR count). The van der Waals surface area contributed by atoms with Crippen molar-refractivity contribution in [1.29, 1.82) is 0 Å². The van der Waals surface area contributed by atoms with E-state index in [1.54, 1.807) is 0 Å². The second-order valence-electron chi connectivity index (χ2n) is 5.63. The van der Waals surface area contributed by atoms with E-state index in [4.69, 9.17) is 0 Å². The number of aromatic nitrogens is 2. The number of nitrogens with zero attached hydrogens (tertiary/aromatic N) is 2. The van der Waals surface area contributed by atoms with Crippen LogP contribution in [0.4, 0.5) is 5.95 Å². The van der Waals surface area contributed by atoms with Crippen molar-refractivity contribution in [3.05, 3.63) is 17.5 Å². The minimum Gasteiger partial charge on any atom is -0.393 e. The number of anilines is 1. The van der Waals surface area contributed by atoms with Crippen molar-refractivity contribution >= 4 is 5.95 Å². The lowest BCUT2D eigenvalue weighted by Gasteiger charge is -2.13. The van der Waals surface area contributed by atoms with Crippen LogP contribution in [0.3, 0.4) is 0 Å². The van der Waals surface area contributed by atoms with Gasteiger partial charge in [0.15, 0.2) is 0 Å². The van der Waals surface area contributed by atoms with Crippen molar-refractivity contribution in [2.24, 2.45) is 5.92 Å². The lowest BCUT2D eigenvalue weighted by atomic mass is 10.1. The largest absolute Gasteiger partial charge is 0.393 e. The topological polar surface area (TPSA) is 58.0 Å². The van der Waals surface area contributed by atoms with Gasteiger partial charge in [0.1, 0.15) is 0 Å². The van der Waals surface area contributed by atoms with Crippen molar-refractivity contribution < 1.29 is 5.11 Å². The molecule has 0 aromatic carbocycles. The Morgan fingerprint density at radius 1 is 1.39 bits per heavy atom. The Hall–Kier alpha value is -1.16. The van der Waals surface area contributed by atoms with Gasteiger partial charge in [-0.15, -0.1) is 0 Å². The molecule has 1 heterocycles. The van der Waals surface area contributed by atoms with Gasteiger partial charge in [-0.2, -0.15) is 0 Å². The SMILES string of the molecule is Cc1cc(C(C)C)nc(NCC2CCC(O)C2)n1. The molecule has 1 aromatic heterocycles. The van der Waals surface area contributed by atoms with E-state index in [9.17, 15) is 5.11 Å². The summed E-state index contributed by atoms with van der Waals surface area (Å²) in [6, 6.07) is 2.04. The third-order valence-electron chi connectivity index (χ3n) is 3.53. The van der Waals surface area contributed by atoms with Crippen molar-refractivity contribution in [1.82, 2.24) is 9.97 Å². The molecule has 0 aliphatic heterocycles. The molecule has 0 spiro atoms. The van der Waals surface area contributed by atoms with E-state index >= 15 is 0 Å². The van der Waals surface area contributed by atoms with Gasteiger partial charge in [-0.25, -0.2) is 9.97 Å². The predicted octanol–water partition coefficient (Wildman–Crippen LogP) is 2.48. The van der Waals surface area contributed by atoms with Crippen LogP contribution >= 0.6 is 0 Å². The first-order valence-electron chi connectivity index (χ1n) is 6.82. The average Bonchev–Trinajstić information content (AvgIpc) is 2.72. The van der Waals surface area contributed by atoms with Crippen LogP contribution in [-0.2, 0) is 0 Å². The molecule has 4 nitrogen and oxygen atoms in total. The molecular formula is C14H23N3O. The van der Waals surface area contributed by atoms with E-state index < -0.39 is 0 Å². The fourth-order valence-electron chi connectivity index (χ4n) is 2.44. The number of rotatable bonds is 4. The molecule has 0 bridgehead atoms. The van der Waals surface area contributed by atoms with E-state index in [2.05, 4.69) is 29.1 Å². The highest BCUT2D eigenvalue weighted by Crippen LogP contribution is 2.25. The van der Waals surface area contributed by atoms with Gasteiger partial charge in [0.05, 0.1) is 6.10 Å². The molecule has 0 amide bonds. The Morgan fingerprint density at radius 3 is 2.78 bits per heavy atom. The second-order valence-corrected chi connectivity index (χ2v) is 5.63. The summed E-state index contributed by atoms with van der Waals surface area (Å²) < 4.78 is 0. The number of aryl methyl sites for hydroxylation is 1. The minimum atomic E-state index is -0.110. The smallest absolute Gasteiger partial charge is 0.223 e.